The van der Waals surface area contributed by atoms with Crippen LogP contribution in [0.5, 0.6) is 5.88 Å². The van der Waals surface area contributed by atoms with Crippen molar-refractivity contribution < 1.29 is 4.74 Å². The number of hydrogen-bond acceptors (Lipinski definition) is 4. The molecule has 0 atom stereocenters. The number of pyridine rings is 1. The average Bonchev–Trinajstić information content (AvgIpc) is 2.96. The number of hydrogen-bond donors (Lipinski definition) is 1. The van der Waals surface area contributed by atoms with Gasteiger partial charge in [-0.15, -0.1) is 0 Å². The highest BCUT2D eigenvalue weighted by Gasteiger charge is 1.97. The van der Waals surface area contributed by atoms with Crippen LogP contribution in [0.2, 0.25) is 0 Å². The number of aromatic nitrogens is 3. The second-order valence-electron chi connectivity index (χ2n) is 4.36. The number of methoxy groups -OCH3 is 1. The van der Waals surface area contributed by atoms with E-state index in [1.165, 1.54) is 0 Å². The average molecular weight is 260 g/mol. The number of aryl methyl sites for hydroxylation is 1. The molecule has 102 valence electrons. The predicted molar refractivity (Wildman–Crippen MR) is 74.0 cm³/mol. The molecule has 2 rings (SSSR count). The molecular weight excluding hydrogens is 240 g/mol. The predicted octanol–water partition coefficient (Wildman–Crippen LogP) is 1.86. The summed E-state index contributed by atoms with van der Waals surface area (Å²) in [4.78, 5) is 8.37. The van der Waals surface area contributed by atoms with Gasteiger partial charge >= 0.3 is 0 Å². The summed E-state index contributed by atoms with van der Waals surface area (Å²) in [6, 6.07) is 5.82. The molecule has 0 aliphatic carbocycles. The van der Waals surface area contributed by atoms with Crippen molar-refractivity contribution >= 4 is 0 Å². The zero-order valence-corrected chi connectivity index (χ0v) is 11.2. The van der Waals surface area contributed by atoms with Gasteiger partial charge in [-0.1, -0.05) is 6.07 Å². The van der Waals surface area contributed by atoms with Gasteiger partial charge in [0, 0.05) is 31.5 Å². The van der Waals surface area contributed by atoms with Gasteiger partial charge in [0.15, 0.2) is 0 Å². The number of unbranched alkanes of at least 4 members (excludes halogenated alkanes) is 1. The summed E-state index contributed by atoms with van der Waals surface area (Å²) in [5.41, 5.74) is 1.01. The van der Waals surface area contributed by atoms with E-state index in [9.17, 15) is 0 Å². The van der Waals surface area contributed by atoms with E-state index in [0.29, 0.717) is 5.88 Å². The molecule has 1 N–H and O–H groups in total. The fourth-order valence-electron chi connectivity index (χ4n) is 1.85. The maximum atomic E-state index is 5.09. The molecule has 0 saturated heterocycles. The number of nitrogens with one attached hydrogen (secondary N) is 1. The zero-order chi connectivity index (χ0) is 13.3. The van der Waals surface area contributed by atoms with Gasteiger partial charge in [-0.3, -0.25) is 0 Å². The highest BCUT2D eigenvalue weighted by atomic mass is 16.5. The van der Waals surface area contributed by atoms with Crippen LogP contribution >= 0.6 is 0 Å². The monoisotopic (exact) mass is 260 g/mol. The summed E-state index contributed by atoms with van der Waals surface area (Å²) in [7, 11) is 1.63. The molecule has 0 unspecified atom stereocenters. The van der Waals surface area contributed by atoms with Crippen molar-refractivity contribution in [2.24, 2.45) is 0 Å². The van der Waals surface area contributed by atoms with Crippen molar-refractivity contribution in [1.29, 1.82) is 0 Å². The minimum absolute atomic E-state index is 0.666. The molecule has 5 nitrogen and oxygen atoms in total. The van der Waals surface area contributed by atoms with Gasteiger partial charge in [-0.2, -0.15) is 0 Å². The maximum absolute atomic E-state index is 5.09. The molecule has 0 radical (unpaired) electrons. The molecule has 0 spiro atoms. The van der Waals surface area contributed by atoms with Crippen molar-refractivity contribution in [2.75, 3.05) is 13.7 Å². The van der Waals surface area contributed by atoms with Crippen molar-refractivity contribution in [2.45, 2.75) is 25.9 Å². The highest BCUT2D eigenvalue weighted by molar-refractivity contribution is 5.15. The largest absolute Gasteiger partial charge is 0.481 e. The summed E-state index contributed by atoms with van der Waals surface area (Å²) in [6.45, 7) is 2.80. The standard InChI is InChI=1S/C14H20N4O/c1-19-14-6-4-5-13(17-14)11-15-7-2-3-9-18-10-8-16-12-18/h4-6,8,10,12,15H,2-3,7,9,11H2,1H3. The normalized spacial score (nSPS) is 10.6. The fraction of sp³-hybridized carbons (Fsp3) is 0.429. The molecule has 0 bridgehead atoms. The SMILES string of the molecule is COc1cccc(CNCCCCn2ccnc2)n1. The smallest absolute Gasteiger partial charge is 0.213 e. The van der Waals surface area contributed by atoms with Gasteiger partial charge < -0.3 is 14.6 Å². The first-order chi connectivity index (χ1) is 9.38. The Morgan fingerprint density at radius 1 is 1.32 bits per heavy atom. The zero-order valence-electron chi connectivity index (χ0n) is 11.2. The van der Waals surface area contributed by atoms with Crippen molar-refractivity contribution in [3.63, 3.8) is 0 Å². The number of imidazole rings is 1. The van der Waals surface area contributed by atoms with Crippen molar-refractivity contribution in [3.05, 3.63) is 42.6 Å². The Morgan fingerprint density at radius 2 is 2.26 bits per heavy atom. The molecule has 0 saturated carbocycles. The summed E-state index contributed by atoms with van der Waals surface area (Å²) in [6.07, 6.45) is 7.95. The van der Waals surface area contributed by atoms with Crippen LogP contribution in [0.25, 0.3) is 0 Å². The lowest BCUT2D eigenvalue weighted by Gasteiger charge is -2.06. The first-order valence-electron chi connectivity index (χ1n) is 6.55. The van der Waals surface area contributed by atoms with E-state index in [4.69, 9.17) is 4.74 Å². The second-order valence-corrected chi connectivity index (χ2v) is 4.36. The van der Waals surface area contributed by atoms with E-state index >= 15 is 0 Å². The third kappa shape index (κ3) is 4.71. The Balaban J connectivity index is 1.58. The maximum Gasteiger partial charge on any atom is 0.213 e. The topological polar surface area (TPSA) is 52.0 Å². The quantitative estimate of drug-likeness (QED) is 0.736. The second kappa shape index (κ2) is 7.53. The van der Waals surface area contributed by atoms with Crippen LogP contribution in [-0.4, -0.2) is 28.2 Å². The van der Waals surface area contributed by atoms with Crippen LogP contribution in [0.15, 0.2) is 36.9 Å². The molecule has 19 heavy (non-hydrogen) atoms. The highest BCUT2D eigenvalue weighted by Crippen LogP contribution is 2.06. The van der Waals surface area contributed by atoms with Crippen molar-refractivity contribution in [3.8, 4) is 5.88 Å². The van der Waals surface area contributed by atoms with E-state index in [1.54, 1.807) is 7.11 Å². The Morgan fingerprint density at radius 3 is 3.05 bits per heavy atom. The van der Waals surface area contributed by atoms with Gasteiger partial charge in [0.25, 0.3) is 0 Å². The summed E-state index contributed by atoms with van der Waals surface area (Å²) < 4.78 is 7.19. The van der Waals surface area contributed by atoms with E-state index in [-0.39, 0.29) is 0 Å². The van der Waals surface area contributed by atoms with Crippen LogP contribution < -0.4 is 10.1 Å². The van der Waals surface area contributed by atoms with E-state index in [2.05, 4.69) is 19.9 Å². The van der Waals surface area contributed by atoms with Gasteiger partial charge in [0.05, 0.1) is 19.1 Å². The lowest BCUT2D eigenvalue weighted by molar-refractivity contribution is 0.395. The Labute approximate surface area is 113 Å². The first kappa shape index (κ1) is 13.5. The molecule has 0 aromatic carbocycles. The summed E-state index contributed by atoms with van der Waals surface area (Å²) >= 11 is 0. The van der Waals surface area contributed by atoms with Crippen LogP contribution in [-0.2, 0) is 13.1 Å². The minimum Gasteiger partial charge on any atom is -0.481 e. The van der Waals surface area contributed by atoms with Crippen LogP contribution in [0.1, 0.15) is 18.5 Å². The molecule has 2 aromatic rings. The Kier molecular flexibility index (Phi) is 5.37. The molecule has 2 heterocycles. The van der Waals surface area contributed by atoms with Gasteiger partial charge in [-0.05, 0) is 25.5 Å². The number of rotatable bonds is 8. The lowest BCUT2D eigenvalue weighted by Crippen LogP contribution is -2.16. The minimum atomic E-state index is 0.666. The van der Waals surface area contributed by atoms with Gasteiger partial charge in [-0.25, -0.2) is 9.97 Å². The van der Waals surface area contributed by atoms with E-state index in [0.717, 1.165) is 38.2 Å². The molecule has 2 aromatic heterocycles. The lowest BCUT2D eigenvalue weighted by atomic mass is 10.3. The molecule has 0 fully saturated rings. The third-order valence-corrected chi connectivity index (χ3v) is 2.88. The molecular formula is C14H20N4O. The van der Waals surface area contributed by atoms with Crippen LogP contribution in [0.4, 0.5) is 0 Å². The third-order valence-electron chi connectivity index (χ3n) is 2.88. The molecule has 0 aliphatic heterocycles. The molecule has 5 heteroatoms. The van der Waals surface area contributed by atoms with Gasteiger partial charge in [0.2, 0.25) is 5.88 Å². The van der Waals surface area contributed by atoms with E-state index in [1.807, 2.05) is 36.9 Å². The Hall–Kier alpha value is -1.88. The fourth-order valence-corrected chi connectivity index (χ4v) is 1.85. The summed E-state index contributed by atoms with van der Waals surface area (Å²) in [5, 5.41) is 3.39. The van der Waals surface area contributed by atoms with Crippen LogP contribution in [0, 0.1) is 0 Å². The molecule has 0 aliphatic rings. The van der Waals surface area contributed by atoms with Gasteiger partial charge in [0.1, 0.15) is 0 Å². The Bertz CT molecular complexity index is 470. The number of ether oxygens (including phenoxy) is 1. The first-order valence-corrected chi connectivity index (χ1v) is 6.55. The van der Waals surface area contributed by atoms with Crippen LogP contribution in [0.3, 0.4) is 0 Å². The molecule has 0 amide bonds. The van der Waals surface area contributed by atoms with E-state index < -0.39 is 0 Å². The van der Waals surface area contributed by atoms with Crippen molar-refractivity contribution in [1.82, 2.24) is 19.9 Å². The number of nitrogens with zero attached hydrogens (tertiary/aromatic N) is 3. The summed E-state index contributed by atoms with van der Waals surface area (Å²) in [5.74, 6) is 0.666.